The summed E-state index contributed by atoms with van der Waals surface area (Å²) in [6.45, 7) is 0.319. The van der Waals surface area contributed by atoms with Gasteiger partial charge in [0.05, 0.1) is 25.4 Å². The molecule has 3 aromatic rings. The molecule has 1 aliphatic heterocycles. The van der Waals surface area contributed by atoms with E-state index >= 15 is 0 Å². The summed E-state index contributed by atoms with van der Waals surface area (Å²) in [6, 6.07) is 23.9. The van der Waals surface area contributed by atoms with Crippen LogP contribution in [0.25, 0.3) is 0 Å². The Hall–Kier alpha value is -3.39. The number of aliphatic hydroxyl groups is 1. The Bertz CT molecular complexity index is 1210. The second kappa shape index (κ2) is 11.4. The molecule has 0 fully saturated rings. The normalized spacial score (nSPS) is 16.7. The minimum absolute atomic E-state index is 0.0546. The molecule has 3 aromatic carbocycles. The molecule has 7 nitrogen and oxygen atoms in total. The SMILES string of the molecule is NC(=O)[C@@H](CO)N/C(=N\Cc1ccc(Cl)cc1)N1C[C@H](c2ccccc2)C(c2ccc(Cl)cc2)=N1. The number of nitrogens with zero attached hydrogens (tertiary/aromatic N) is 3. The second-order valence-electron chi connectivity index (χ2n) is 8.09. The zero-order chi connectivity index (χ0) is 24.8. The van der Waals surface area contributed by atoms with E-state index in [4.69, 9.17) is 34.0 Å². The number of primary amides is 1. The Labute approximate surface area is 213 Å². The lowest BCUT2D eigenvalue weighted by Crippen LogP contribution is -2.51. The summed E-state index contributed by atoms with van der Waals surface area (Å²) >= 11 is 12.1. The van der Waals surface area contributed by atoms with Crippen molar-refractivity contribution in [2.45, 2.75) is 18.5 Å². The van der Waals surface area contributed by atoms with Gasteiger partial charge in [0, 0.05) is 16.0 Å². The summed E-state index contributed by atoms with van der Waals surface area (Å²) in [6.07, 6.45) is 0. The lowest BCUT2D eigenvalue weighted by Gasteiger charge is -2.23. The van der Waals surface area contributed by atoms with Crippen LogP contribution in [0.2, 0.25) is 10.0 Å². The van der Waals surface area contributed by atoms with Gasteiger partial charge in [0.2, 0.25) is 11.9 Å². The van der Waals surface area contributed by atoms with Crippen LogP contribution in [0.1, 0.15) is 22.6 Å². The zero-order valence-electron chi connectivity index (χ0n) is 18.8. The topological polar surface area (TPSA) is 103 Å². The average molecular weight is 510 g/mol. The predicted molar refractivity (Wildman–Crippen MR) is 140 cm³/mol. The van der Waals surface area contributed by atoms with Gasteiger partial charge in [-0.15, -0.1) is 0 Å². The van der Waals surface area contributed by atoms with Crippen molar-refractivity contribution in [2.75, 3.05) is 13.2 Å². The van der Waals surface area contributed by atoms with E-state index < -0.39 is 18.6 Å². The number of hydrogen-bond donors (Lipinski definition) is 3. The number of amides is 1. The number of carbonyl (C=O) groups is 1. The number of aliphatic hydroxyl groups excluding tert-OH is 1. The van der Waals surface area contributed by atoms with Crippen molar-refractivity contribution in [3.8, 4) is 0 Å². The molecular formula is C26H25Cl2N5O2. The van der Waals surface area contributed by atoms with Gasteiger partial charge in [0.1, 0.15) is 6.04 Å². The number of rotatable bonds is 7. The summed E-state index contributed by atoms with van der Waals surface area (Å²) < 4.78 is 0. The van der Waals surface area contributed by atoms with Crippen molar-refractivity contribution < 1.29 is 9.90 Å². The van der Waals surface area contributed by atoms with Crippen LogP contribution in [0.5, 0.6) is 0 Å². The molecule has 1 aliphatic rings. The van der Waals surface area contributed by atoms with E-state index in [1.54, 1.807) is 17.1 Å². The Morgan fingerprint density at radius 3 is 2.29 bits per heavy atom. The summed E-state index contributed by atoms with van der Waals surface area (Å²) in [4.78, 5) is 16.5. The van der Waals surface area contributed by atoms with Crippen LogP contribution in [-0.4, -0.2) is 46.9 Å². The summed E-state index contributed by atoms with van der Waals surface area (Å²) in [5.74, 6) is -0.406. The van der Waals surface area contributed by atoms with Gasteiger partial charge in [-0.05, 0) is 41.0 Å². The van der Waals surface area contributed by atoms with Crippen LogP contribution in [0.3, 0.4) is 0 Å². The third-order valence-electron chi connectivity index (χ3n) is 5.65. The fraction of sp³-hybridized carbons (Fsp3) is 0.192. The molecule has 4 N–H and O–H groups in total. The molecule has 0 saturated heterocycles. The van der Waals surface area contributed by atoms with Crippen molar-refractivity contribution in [1.29, 1.82) is 0 Å². The van der Waals surface area contributed by atoms with Crippen molar-refractivity contribution in [2.24, 2.45) is 15.8 Å². The third-order valence-corrected chi connectivity index (χ3v) is 6.16. The molecule has 0 radical (unpaired) electrons. The van der Waals surface area contributed by atoms with Gasteiger partial charge in [-0.3, -0.25) is 4.79 Å². The second-order valence-corrected chi connectivity index (χ2v) is 8.96. The predicted octanol–water partition coefficient (Wildman–Crippen LogP) is 3.79. The summed E-state index contributed by atoms with van der Waals surface area (Å²) in [5, 5.41) is 20.5. The van der Waals surface area contributed by atoms with E-state index in [9.17, 15) is 9.90 Å². The van der Waals surface area contributed by atoms with Crippen LogP contribution >= 0.6 is 23.2 Å². The molecule has 0 aliphatic carbocycles. The molecule has 1 amide bonds. The lowest BCUT2D eigenvalue weighted by molar-refractivity contribution is -0.120. The largest absolute Gasteiger partial charge is 0.394 e. The molecule has 180 valence electrons. The van der Waals surface area contributed by atoms with Gasteiger partial charge >= 0.3 is 0 Å². The van der Waals surface area contributed by atoms with E-state index in [1.165, 1.54) is 0 Å². The Kier molecular flexibility index (Phi) is 8.02. The molecule has 0 bridgehead atoms. The first kappa shape index (κ1) is 24.7. The van der Waals surface area contributed by atoms with E-state index in [2.05, 4.69) is 22.4 Å². The molecule has 0 aromatic heterocycles. The number of benzene rings is 3. The van der Waals surface area contributed by atoms with Gasteiger partial charge in [-0.1, -0.05) is 77.8 Å². The summed E-state index contributed by atoms with van der Waals surface area (Å²) in [7, 11) is 0. The number of guanidine groups is 1. The highest BCUT2D eigenvalue weighted by atomic mass is 35.5. The average Bonchev–Trinajstić information content (AvgIpc) is 3.31. The summed E-state index contributed by atoms with van der Waals surface area (Å²) in [5.41, 5.74) is 9.26. The van der Waals surface area contributed by atoms with Gasteiger partial charge < -0.3 is 16.2 Å². The van der Waals surface area contributed by atoms with Crippen molar-refractivity contribution in [1.82, 2.24) is 10.3 Å². The van der Waals surface area contributed by atoms with Crippen molar-refractivity contribution in [3.05, 3.63) is 106 Å². The van der Waals surface area contributed by atoms with Gasteiger partial charge in [-0.2, -0.15) is 5.10 Å². The number of hydrazone groups is 1. The highest BCUT2D eigenvalue weighted by Crippen LogP contribution is 2.29. The van der Waals surface area contributed by atoms with E-state index in [0.717, 1.165) is 22.4 Å². The number of carbonyl (C=O) groups excluding carboxylic acids is 1. The van der Waals surface area contributed by atoms with Crippen molar-refractivity contribution in [3.63, 3.8) is 0 Å². The van der Waals surface area contributed by atoms with Crippen LogP contribution < -0.4 is 11.1 Å². The number of nitrogens with two attached hydrogens (primary N) is 1. The molecule has 0 spiro atoms. The van der Waals surface area contributed by atoms with E-state index in [0.29, 0.717) is 29.1 Å². The van der Waals surface area contributed by atoms with Gasteiger partial charge in [0.25, 0.3) is 0 Å². The van der Waals surface area contributed by atoms with Crippen LogP contribution in [0.4, 0.5) is 0 Å². The van der Waals surface area contributed by atoms with E-state index in [-0.39, 0.29) is 5.92 Å². The van der Waals surface area contributed by atoms with Gasteiger partial charge in [0.15, 0.2) is 0 Å². The maximum absolute atomic E-state index is 11.9. The third kappa shape index (κ3) is 6.19. The fourth-order valence-electron chi connectivity index (χ4n) is 3.78. The Morgan fingerprint density at radius 2 is 1.69 bits per heavy atom. The number of hydrogen-bond acceptors (Lipinski definition) is 4. The molecule has 4 rings (SSSR count). The molecule has 0 saturated carbocycles. The minimum atomic E-state index is -1.01. The zero-order valence-corrected chi connectivity index (χ0v) is 20.3. The molecular weight excluding hydrogens is 485 g/mol. The highest BCUT2D eigenvalue weighted by Gasteiger charge is 2.32. The first-order valence-electron chi connectivity index (χ1n) is 11.1. The van der Waals surface area contributed by atoms with Gasteiger partial charge in [-0.25, -0.2) is 10.0 Å². The molecule has 2 atom stereocenters. The standard InChI is InChI=1S/C26H25Cl2N5O2/c27-20-10-6-17(7-11-20)14-30-26(31-23(16-34)25(29)35)33-15-22(18-4-2-1-3-5-18)24(32-33)19-8-12-21(28)13-9-19/h1-13,22-23,34H,14-16H2,(H2,29,35)(H,30,31)/t22-,23-/m1/s1. The molecule has 9 heteroatoms. The fourth-order valence-corrected chi connectivity index (χ4v) is 4.03. The number of nitrogens with one attached hydrogen (secondary N) is 1. The maximum Gasteiger partial charge on any atom is 0.242 e. The molecule has 0 unspecified atom stereocenters. The lowest BCUT2D eigenvalue weighted by atomic mass is 9.91. The van der Waals surface area contributed by atoms with Crippen LogP contribution in [0, 0.1) is 0 Å². The van der Waals surface area contributed by atoms with Crippen LogP contribution in [0.15, 0.2) is 89.0 Å². The molecule has 35 heavy (non-hydrogen) atoms. The highest BCUT2D eigenvalue weighted by molar-refractivity contribution is 6.31. The minimum Gasteiger partial charge on any atom is -0.394 e. The van der Waals surface area contributed by atoms with Crippen molar-refractivity contribution >= 4 is 40.8 Å². The van der Waals surface area contributed by atoms with E-state index in [1.807, 2.05) is 54.6 Å². The maximum atomic E-state index is 11.9. The number of halogens is 2. The number of aliphatic imine (C=N–C) groups is 1. The van der Waals surface area contributed by atoms with Crippen LogP contribution in [-0.2, 0) is 11.3 Å². The monoisotopic (exact) mass is 509 g/mol. The quantitative estimate of drug-likeness (QED) is 0.333. The Morgan fingerprint density at radius 1 is 1.06 bits per heavy atom. The Balaban J connectivity index is 1.71. The first-order valence-corrected chi connectivity index (χ1v) is 11.8. The molecule has 1 heterocycles. The smallest absolute Gasteiger partial charge is 0.242 e. The first-order chi connectivity index (χ1) is 16.9.